The molecule has 3 aromatic carbocycles. The van der Waals surface area contributed by atoms with Crippen LogP contribution < -0.4 is 10.1 Å². The van der Waals surface area contributed by atoms with Gasteiger partial charge in [-0.25, -0.2) is 4.98 Å². The molecule has 4 rings (SSSR count). The zero-order valence-electron chi connectivity index (χ0n) is 16.4. The van der Waals surface area contributed by atoms with Gasteiger partial charge < -0.3 is 14.5 Å². The minimum absolute atomic E-state index is 0.178. The highest BCUT2D eigenvalue weighted by Gasteiger charge is 2.09. The number of fused-ring (bicyclic) bond motifs is 1. The lowest BCUT2D eigenvalue weighted by molar-refractivity contribution is 0.102. The zero-order valence-corrected chi connectivity index (χ0v) is 16.4. The van der Waals surface area contributed by atoms with Crippen LogP contribution in [0.2, 0.25) is 0 Å². The minimum atomic E-state index is -0.178. The Labute approximate surface area is 169 Å². The second-order valence-electron chi connectivity index (χ2n) is 6.82. The smallest absolute Gasteiger partial charge is 0.255 e. The van der Waals surface area contributed by atoms with Crippen molar-refractivity contribution in [2.75, 3.05) is 12.4 Å². The second-order valence-corrected chi connectivity index (χ2v) is 6.82. The number of oxazole rings is 1. The maximum absolute atomic E-state index is 12.4. The van der Waals surface area contributed by atoms with Gasteiger partial charge in [-0.15, -0.1) is 0 Å². The Morgan fingerprint density at radius 1 is 1.03 bits per heavy atom. The number of nitrogens with zero attached hydrogens (tertiary/aromatic N) is 1. The predicted molar refractivity (Wildman–Crippen MR) is 114 cm³/mol. The summed E-state index contributed by atoms with van der Waals surface area (Å²) in [6.45, 7) is 2.12. The van der Waals surface area contributed by atoms with Crippen LogP contribution in [0, 0.1) is 0 Å². The van der Waals surface area contributed by atoms with E-state index in [-0.39, 0.29) is 5.91 Å². The van der Waals surface area contributed by atoms with E-state index in [2.05, 4.69) is 29.4 Å². The minimum Gasteiger partial charge on any atom is -0.497 e. The molecule has 4 aromatic rings. The van der Waals surface area contributed by atoms with Crippen LogP contribution in [0.3, 0.4) is 0 Å². The van der Waals surface area contributed by atoms with E-state index >= 15 is 0 Å². The first-order valence-corrected chi connectivity index (χ1v) is 9.57. The summed E-state index contributed by atoms with van der Waals surface area (Å²) in [6.07, 6.45) is 1.57. The Balaban J connectivity index is 1.44. The summed E-state index contributed by atoms with van der Waals surface area (Å²) in [7, 11) is 1.58. The van der Waals surface area contributed by atoms with Gasteiger partial charge >= 0.3 is 0 Å². The molecule has 0 aliphatic rings. The summed E-state index contributed by atoms with van der Waals surface area (Å²) in [5.41, 5.74) is 5.28. The van der Waals surface area contributed by atoms with Crippen LogP contribution in [-0.2, 0) is 12.8 Å². The van der Waals surface area contributed by atoms with E-state index in [1.807, 2.05) is 30.3 Å². The molecule has 1 heterocycles. The van der Waals surface area contributed by atoms with E-state index in [1.54, 1.807) is 31.4 Å². The van der Waals surface area contributed by atoms with E-state index < -0.39 is 0 Å². The van der Waals surface area contributed by atoms with Crippen LogP contribution in [-0.4, -0.2) is 18.0 Å². The monoisotopic (exact) mass is 386 g/mol. The SMILES string of the molecule is CCc1ccc2oc(Cc3ccc(NC(=O)c4cccc(OC)c4)cc3)nc2c1. The van der Waals surface area contributed by atoms with Gasteiger partial charge in [0.2, 0.25) is 0 Å². The van der Waals surface area contributed by atoms with Crippen molar-refractivity contribution in [1.82, 2.24) is 4.98 Å². The van der Waals surface area contributed by atoms with Gasteiger partial charge in [-0.2, -0.15) is 0 Å². The number of carbonyl (C=O) groups excluding carboxylic acids is 1. The number of aryl methyl sites for hydroxylation is 1. The normalized spacial score (nSPS) is 10.8. The van der Waals surface area contributed by atoms with Gasteiger partial charge in [0.15, 0.2) is 11.5 Å². The van der Waals surface area contributed by atoms with Crippen LogP contribution in [0.4, 0.5) is 5.69 Å². The molecule has 0 unspecified atom stereocenters. The molecule has 1 aromatic heterocycles. The van der Waals surface area contributed by atoms with Crippen LogP contribution >= 0.6 is 0 Å². The number of anilines is 1. The molecule has 0 aliphatic heterocycles. The van der Waals surface area contributed by atoms with E-state index in [4.69, 9.17) is 9.15 Å². The number of nitrogens with one attached hydrogen (secondary N) is 1. The standard InChI is InChI=1S/C24H22N2O3/c1-3-16-9-12-22-21(13-16)26-23(29-22)14-17-7-10-19(11-8-17)25-24(27)18-5-4-6-20(15-18)28-2/h4-13,15H,3,14H2,1-2H3,(H,25,27). The first-order chi connectivity index (χ1) is 14.1. The number of ether oxygens (including phenoxy) is 1. The third kappa shape index (κ3) is 4.29. The number of hydrogen-bond acceptors (Lipinski definition) is 4. The average Bonchev–Trinajstić information content (AvgIpc) is 3.16. The van der Waals surface area contributed by atoms with Crippen molar-refractivity contribution >= 4 is 22.7 Å². The van der Waals surface area contributed by atoms with Gasteiger partial charge in [0.1, 0.15) is 11.3 Å². The molecule has 29 heavy (non-hydrogen) atoms. The van der Waals surface area contributed by atoms with Gasteiger partial charge in [0.05, 0.1) is 7.11 Å². The molecule has 0 saturated heterocycles. The molecular weight excluding hydrogens is 364 g/mol. The van der Waals surface area contributed by atoms with Gasteiger partial charge in [-0.1, -0.05) is 31.2 Å². The Bertz CT molecular complexity index is 1150. The summed E-state index contributed by atoms with van der Waals surface area (Å²) < 4.78 is 11.0. The van der Waals surface area contributed by atoms with Crippen LogP contribution in [0.5, 0.6) is 5.75 Å². The molecule has 0 radical (unpaired) electrons. The Kier molecular flexibility index (Phi) is 5.29. The summed E-state index contributed by atoms with van der Waals surface area (Å²) in [4.78, 5) is 17.0. The van der Waals surface area contributed by atoms with Crippen LogP contribution in [0.1, 0.15) is 34.3 Å². The first kappa shape index (κ1) is 18.7. The Morgan fingerprint density at radius 3 is 2.59 bits per heavy atom. The topological polar surface area (TPSA) is 64.4 Å². The molecule has 0 spiro atoms. The molecule has 1 N–H and O–H groups in total. The highest BCUT2D eigenvalue weighted by atomic mass is 16.5. The van der Waals surface area contributed by atoms with Crippen molar-refractivity contribution in [3.8, 4) is 5.75 Å². The molecule has 0 atom stereocenters. The molecule has 0 fully saturated rings. The average molecular weight is 386 g/mol. The van der Waals surface area contributed by atoms with Crippen LogP contribution in [0.25, 0.3) is 11.1 Å². The van der Waals surface area contributed by atoms with Gasteiger partial charge in [0, 0.05) is 17.7 Å². The molecule has 5 heteroatoms. The lowest BCUT2D eigenvalue weighted by Gasteiger charge is -2.07. The van der Waals surface area contributed by atoms with Crippen molar-refractivity contribution in [3.05, 3.63) is 89.3 Å². The number of aromatic nitrogens is 1. The Hall–Kier alpha value is -3.60. The predicted octanol–water partition coefficient (Wildman–Crippen LogP) is 5.24. The zero-order chi connectivity index (χ0) is 20.2. The number of hydrogen-bond donors (Lipinski definition) is 1. The third-order valence-electron chi connectivity index (χ3n) is 4.80. The quantitative estimate of drug-likeness (QED) is 0.492. The van der Waals surface area contributed by atoms with Crippen LogP contribution in [0.15, 0.2) is 71.1 Å². The summed E-state index contributed by atoms with van der Waals surface area (Å²) >= 11 is 0. The molecule has 146 valence electrons. The number of benzene rings is 3. The van der Waals surface area contributed by atoms with Crippen molar-refractivity contribution in [2.45, 2.75) is 19.8 Å². The number of amides is 1. The highest BCUT2D eigenvalue weighted by molar-refractivity contribution is 6.04. The Morgan fingerprint density at radius 2 is 1.83 bits per heavy atom. The maximum Gasteiger partial charge on any atom is 0.255 e. The number of rotatable bonds is 6. The van der Waals surface area contributed by atoms with Crippen molar-refractivity contribution in [1.29, 1.82) is 0 Å². The largest absolute Gasteiger partial charge is 0.497 e. The second kappa shape index (κ2) is 8.19. The number of methoxy groups -OCH3 is 1. The number of carbonyl (C=O) groups is 1. The molecular formula is C24H22N2O3. The summed E-state index contributed by atoms with van der Waals surface area (Å²) in [5.74, 6) is 1.15. The van der Waals surface area contributed by atoms with Crippen molar-refractivity contribution < 1.29 is 13.9 Å². The maximum atomic E-state index is 12.4. The van der Waals surface area contributed by atoms with E-state index in [0.29, 0.717) is 23.6 Å². The van der Waals surface area contributed by atoms with E-state index in [9.17, 15) is 4.79 Å². The molecule has 0 aliphatic carbocycles. The molecule has 5 nitrogen and oxygen atoms in total. The fourth-order valence-corrected chi connectivity index (χ4v) is 3.16. The van der Waals surface area contributed by atoms with E-state index in [1.165, 1.54) is 5.56 Å². The summed E-state index contributed by atoms with van der Waals surface area (Å²) in [5, 5.41) is 2.90. The van der Waals surface area contributed by atoms with Crippen molar-refractivity contribution in [3.63, 3.8) is 0 Å². The fourth-order valence-electron chi connectivity index (χ4n) is 3.16. The van der Waals surface area contributed by atoms with Gasteiger partial charge in [-0.05, 0) is 60.0 Å². The lowest BCUT2D eigenvalue weighted by atomic mass is 10.1. The van der Waals surface area contributed by atoms with Gasteiger partial charge in [0.25, 0.3) is 5.91 Å². The third-order valence-corrected chi connectivity index (χ3v) is 4.80. The lowest BCUT2D eigenvalue weighted by Crippen LogP contribution is -2.11. The molecule has 0 saturated carbocycles. The first-order valence-electron chi connectivity index (χ1n) is 9.57. The van der Waals surface area contributed by atoms with Gasteiger partial charge in [-0.3, -0.25) is 4.79 Å². The fraction of sp³-hybridized carbons (Fsp3) is 0.167. The van der Waals surface area contributed by atoms with Crippen molar-refractivity contribution in [2.24, 2.45) is 0 Å². The highest BCUT2D eigenvalue weighted by Crippen LogP contribution is 2.21. The molecule has 1 amide bonds. The van der Waals surface area contributed by atoms with E-state index in [0.717, 1.165) is 28.8 Å². The summed E-state index contributed by atoms with van der Waals surface area (Å²) in [6, 6.07) is 20.9. The molecule has 0 bridgehead atoms.